The highest BCUT2D eigenvalue weighted by atomic mass is 32.2. The van der Waals surface area contributed by atoms with Crippen LogP contribution in [0.25, 0.3) is 22.2 Å². The number of aromatic carboxylic acids is 1. The van der Waals surface area contributed by atoms with Crippen molar-refractivity contribution < 1.29 is 23.1 Å². The summed E-state index contributed by atoms with van der Waals surface area (Å²) in [6.07, 6.45) is -4.53. The van der Waals surface area contributed by atoms with Gasteiger partial charge in [-0.25, -0.2) is 9.78 Å². The first-order chi connectivity index (χ1) is 15.3. The number of carbonyl (C=O) groups is 1. The van der Waals surface area contributed by atoms with E-state index in [4.69, 9.17) is 0 Å². The van der Waals surface area contributed by atoms with E-state index in [0.29, 0.717) is 33.8 Å². The number of alkyl halides is 3. The summed E-state index contributed by atoms with van der Waals surface area (Å²) in [5, 5.41) is 10.2. The van der Waals surface area contributed by atoms with E-state index in [0.717, 1.165) is 17.3 Å². The molecule has 0 spiro atoms. The fourth-order valence-corrected chi connectivity index (χ4v) is 4.67. The van der Waals surface area contributed by atoms with E-state index < -0.39 is 17.8 Å². The van der Waals surface area contributed by atoms with E-state index in [1.807, 2.05) is 34.9 Å². The molecule has 4 rings (SSSR count). The molecule has 0 aliphatic heterocycles. The van der Waals surface area contributed by atoms with Crippen LogP contribution in [-0.2, 0) is 12.7 Å². The van der Waals surface area contributed by atoms with Crippen LogP contribution in [0.1, 0.15) is 21.7 Å². The van der Waals surface area contributed by atoms with Gasteiger partial charge in [-0.1, -0.05) is 48.5 Å². The van der Waals surface area contributed by atoms with E-state index in [1.165, 1.54) is 11.8 Å². The molecule has 1 N–H and O–H groups in total. The Hall–Kier alpha value is -3.26. The number of nitrogens with zero attached hydrogens (tertiary/aromatic N) is 2. The normalized spacial score (nSPS) is 11.8. The minimum absolute atomic E-state index is 0.211. The van der Waals surface area contributed by atoms with Gasteiger partial charge in [0.1, 0.15) is 5.69 Å². The van der Waals surface area contributed by atoms with E-state index in [2.05, 4.69) is 4.98 Å². The Bertz CT molecular complexity index is 1280. The largest absolute Gasteiger partial charge is 0.478 e. The van der Waals surface area contributed by atoms with E-state index >= 15 is 0 Å². The van der Waals surface area contributed by atoms with Crippen LogP contribution in [0.5, 0.6) is 0 Å². The molecule has 0 amide bonds. The van der Waals surface area contributed by atoms with Gasteiger partial charge in [-0.15, -0.1) is 11.8 Å². The van der Waals surface area contributed by atoms with Gasteiger partial charge in [0.15, 0.2) is 0 Å². The number of para-hydroxylation sites is 1. The Morgan fingerprint density at radius 2 is 1.75 bits per heavy atom. The highest BCUT2D eigenvalue weighted by Gasteiger charge is 2.33. The molecule has 0 atom stereocenters. The summed E-state index contributed by atoms with van der Waals surface area (Å²) in [7, 11) is 0. The first-order valence-electron chi connectivity index (χ1n) is 9.84. The smallest absolute Gasteiger partial charge is 0.433 e. The van der Waals surface area contributed by atoms with Crippen LogP contribution < -0.4 is 0 Å². The topological polar surface area (TPSA) is 55.1 Å². The second-order valence-electron chi connectivity index (χ2n) is 7.22. The van der Waals surface area contributed by atoms with Crippen molar-refractivity contribution in [2.45, 2.75) is 24.5 Å². The lowest BCUT2D eigenvalue weighted by atomic mass is 10.1. The van der Waals surface area contributed by atoms with Crippen molar-refractivity contribution >= 4 is 28.6 Å². The third-order valence-corrected chi connectivity index (χ3v) is 6.24. The number of fused-ring (bicyclic) bond motifs is 1. The molecule has 4 nitrogen and oxygen atoms in total. The predicted molar refractivity (Wildman–Crippen MR) is 119 cm³/mol. The summed E-state index contributed by atoms with van der Waals surface area (Å²) in [6.45, 7) is 2.18. The molecule has 2 aromatic carbocycles. The lowest BCUT2D eigenvalue weighted by Crippen LogP contribution is -2.09. The SMILES string of the molecule is Cc1c(C(=O)O)cc(-c2ccccc2)n1CCSc1cc(C(F)(F)F)nc2ccccc12. The average molecular weight is 456 g/mol. The molecule has 0 unspecified atom stereocenters. The van der Waals surface area contributed by atoms with Crippen molar-refractivity contribution in [3.8, 4) is 11.3 Å². The fourth-order valence-electron chi connectivity index (χ4n) is 3.65. The van der Waals surface area contributed by atoms with Crippen LogP contribution >= 0.6 is 11.8 Å². The van der Waals surface area contributed by atoms with Crippen LogP contribution in [-0.4, -0.2) is 26.4 Å². The Labute approximate surface area is 186 Å². The molecule has 0 fully saturated rings. The molecule has 32 heavy (non-hydrogen) atoms. The first kappa shape index (κ1) is 22.0. The lowest BCUT2D eigenvalue weighted by molar-refractivity contribution is -0.141. The first-order valence-corrected chi connectivity index (χ1v) is 10.8. The zero-order valence-corrected chi connectivity index (χ0v) is 17.9. The molecule has 0 radical (unpaired) electrons. The number of halogens is 3. The van der Waals surface area contributed by atoms with Gasteiger partial charge in [-0.2, -0.15) is 13.2 Å². The molecule has 0 aliphatic carbocycles. The van der Waals surface area contributed by atoms with Gasteiger partial charge in [0, 0.05) is 34.0 Å². The molecule has 2 heterocycles. The van der Waals surface area contributed by atoms with Crippen molar-refractivity contribution in [3.63, 3.8) is 0 Å². The lowest BCUT2D eigenvalue weighted by Gasteiger charge is -2.14. The van der Waals surface area contributed by atoms with Crippen LogP contribution in [0, 0.1) is 6.92 Å². The molecule has 0 saturated heterocycles. The van der Waals surface area contributed by atoms with Crippen LogP contribution in [0.2, 0.25) is 0 Å². The van der Waals surface area contributed by atoms with Gasteiger partial charge in [-0.05, 0) is 30.7 Å². The van der Waals surface area contributed by atoms with E-state index in [9.17, 15) is 23.1 Å². The van der Waals surface area contributed by atoms with Crippen LogP contribution in [0.4, 0.5) is 13.2 Å². The van der Waals surface area contributed by atoms with Gasteiger partial charge < -0.3 is 9.67 Å². The van der Waals surface area contributed by atoms with E-state index in [1.54, 1.807) is 37.3 Å². The summed E-state index contributed by atoms with van der Waals surface area (Å²) < 4.78 is 41.9. The standard InChI is InChI=1S/C24H19F3N2O2S/c1-15-18(23(30)31)13-20(16-7-3-2-4-8-16)29(15)11-12-32-21-14-22(24(25,26)27)28-19-10-6-5-9-17(19)21/h2-10,13-14H,11-12H2,1H3,(H,30,31). The number of rotatable bonds is 6. The predicted octanol–water partition coefficient (Wildman–Crippen LogP) is 6.52. The summed E-state index contributed by atoms with van der Waals surface area (Å²) in [5.74, 6) is -0.555. The van der Waals surface area contributed by atoms with Gasteiger partial charge in [0.2, 0.25) is 0 Å². The number of hydrogen-bond donors (Lipinski definition) is 1. The molecule has 2 aromatic heterocycles. The summed E-state index contributed by atoms with van der Waals surface area (Å²) >= 11 is 1.30. The number of benzene rings is 2. The van der Waals surface area contributed by atoms with Gasteiger partial charge >= 0.3 is 12.1 Å². The number of thioether (sulfide) groups is 1. The molecular formula is C24H19F3N2O2S. The Kier molecular flexibility index (Phi) is 5.97. The second-order valence-corrected chi connectivity index (χ2v) is 8.36. The van der Waals surface area contributed by atoms with Crippen molar-refractivity contribution in [2.24, 2.45) is 0 Å². The van der Waals surface area contributed by atoms with Crippen molar-refractivity contribution in [1.82, 2.24) is 9.55 Å². The summed E-state index contributed by atoms with van der Waals surface area (Å²) in [5.41, 5.74) is 1.82. The minimum atomic E-state index is -4.53. The Morgan fingerprint density at radius 1 is 1.06 bits per heavy atom. The fraction of sp³-hybridized carbons (Fsp3) is 0.167. The molecule has 0 aliphatic rings. The Morgan fingerprint density at radius 3 is 2.44 bits per heavy atom. The molecular weight excluding hydrogens is 437 g/mol. The van der Waals surface area contributed by atoms with Crippen molar-refractivity contribution in [1.29, 1.82) is 0 Å². The third kappa shape index (κ3) is 4.36. The zero-order valence-electron chi connectivity index (χ0n) is 17.1. The molecule has 164 valence electrons. The van der Waals surface area contributed by atoms with Gasteiger partial charge in [0.25, 0.3) is 0 Å². The molecule has 4 aromatic rings. The van der Waals surface area contributed by atoms with E-state index in [-0.39, 0.29) is 5.56 Å². The maximum absolute atomic E-state index is 13.3. The Balaban J connectivity index is 1.66. The van der Waals surface area contributed by atoms with Crippen LogP contribution in [0.15, 0.2) is 71.6 Å². The van der Waals surface area contributed by atoms with Crippen LogP contribution in [0.3, 0.4) is 0 Å². The maximum atomic E-state index is 13.3. The number of carboxylic acids is 1. The zero-order chi connectivity index (χ0) is 22.9. The molecule has 8 heteroatoms. The van der Waals surface area contributed by atoms with Gasteiger partial charge in [-0.3, -0.25) is 0 Å². The maximum Gasteiger partial charge on any atom is 0.433 e. The summed E-state index contributed by atoms with van der Waals surface area (Å²) in [4.78, 5) is 15.9. The highest BCUT2D eigenvalue weighted by Crippen LogP contribution is 2.35. The number of aromatic nitrogens is 2. The molecule has 0 saturated carbocycles. The van der Waals surface area contributed by atoms with Gasteiger partial charge in [0.05, 0.1) is 11.1 Å². The average Bonchev–Trinajstić information content (AvgIpc) is 3.10. The van der Waals surface area contributed by atoms with Crippen molar-refractivity contribution in [2.75, 3.05) is 5.75 Å². The summed E-state index contributed by atoms with van der Waals surface area (Å²) in [6, 6.07) is 18.9. The van der Waals surface area contributed by atoms with Crippen molar-refractivity contribution in [3.05, 3.63) is 83.7 Å². The third-order valence-electron chi connectivity index (χ3n) is 5.21. The number of carboxylic acid groups (broad SMARTS) is 1. The number of pyridine rings is 1. The quantitative estimate of drug-likeness (QED) is 0.336. The monoisotopic (exact) mass is 456 g/mol. The highest BCUT2D eigenvalue weighted by molar-refractivity contribution is 7.99. The number of hydrogen-bond acceptors (Lipinski definition) is 3. The molecule has 0 bridgehead atoms. The second kappa shape index (κ2) is 8.70. The minimum Gasteiger partial charge on any atom is -0.478 e.